The molecule has 2 aromatic rings. The Morgan fingerprint density at radius 2 is 1.55 bits per heavy atom. The summed E-state index contributed by atoms with van der Waals surface area (Å²) in [5, 5.41) is 0. The molecule has 0 bridgehead atoms. The van der Waals surface area contributed by atoms with Gasteiger partial charge in [-0.1, -0.05) is 13.8 Å². The van der Waals surface area contributed by atoms with E-state index in [4.69, 9.17) is 5.73 Å². The standard InChI is InChI=1S/C16H20FN3/c1-3-14-13(9-10-18)15(4-2)20-16(19-14)11-5-7-12(17)8-6-11/h5-8H,3-4,9-10,18H2,1-2H3. The van der Waals surface area contributed by atoms with Gasteiger partial charge in [0.25, 0.3) is 0 Å². The van der Waals surface area contributed by atoms with Gasteiger partial charge in [0.2, 0.25) is 0 Å². The number of benzene rings is 1. The smallest absolute Gasteiger partial charge is 0.159 e. The van der Waals surface area contributed by atoms with Gasteiger partial charge in [-0.3, -0.25) is 0 Å². The predicted octanol–water partition coefficient (Wildman–Crippen LogP) is 2.91. The Morgan fingerprint density at radius 1 is 1.00 bits per heavy atom. The molecule has 0 saturated heterocycles. The topological polar surface area (TPSA) is 51.8 Å². The van der Waals surface area contributed by atoms with Crippen molar-refractivity contribution in [2.75, 3.05) is 6.54 Å². The van der Waals surface area contributed by atoms with Crippen LogP contribution in [0.3, 0.4) is 0 Å². The third-order valence-electron chi connectivity index (χ3n) is 3.34. The van der Waals surface area contributed by atoms with Crippen LogP contribution in [-0.4, -0.2) is 16.5 Å². The van der Waals surface area contributed by atoms with Crippen LogP contribution in [0.2, 0.25) is 0 Å². The lowest BCUT2D eigenvalue weighted by Gasteiger charge is -2.13. The lowest BCUT2D eigenvalue weighted by Crippen LogP contribution is -2.12. The molecule has 106 valence electrons. The zero-order valence-corrected chi connectivity index (χ0v) is 12.0. The van der Waals surface area contributed by atoms with Crippen molar-refractivity contribution in [2.45, 2.75) is 33.1 Å². The molecule has 1 heterocycles. The maximum absolute atomic E-state index is 13.0. The highest BCUT2D eigenvalue weighted by Gasteiger charge is 2.12. The number of aryl methyl sites for hydroxylation is 2. The lowest BCUT2D eigenvalue weighted by atomic mass is 10.0. The average Bonchev–Trinajstić information content (AvgIpc) is 2.48. The highest BCUT2D eigenvalue weighted by atomic mass is 19.1. The van der Waals surface area contributed by atoms with Crippen molar-refractivity contribution in [1.29, 1.82) is 0 Å². The second-order valence-electron chi connectivity index (χ2n) is 4.67. The lowest BCUT2D eigenvalue weighted by molar-refractivity contribution is 0.628. The molecule has 0 fully saturated rings. The van der Waals surface area contributed by atoms with Gasteiger partial charge in [-0.05, 0) is 55.6 Å². The Kier molecular flexibility index (Phi) is 4.79. The van der Waals surface area contributed by atoms with Crippen LogP contribution in [0.1, 0.15) is 30.8 Å². The summed E-state index contributed by atoms with van der Waals surface area (Å²) in [5.74, 6) is 0.416. The van der Waals surface area contributed by atoms with Gasteiger partial charge >= 0.3 is 0 Å². The summed E-state index contributed by atoms with van der Waals surface area (Å²) in [6, 6.07) is 6.30. The van der Waals surface area contributed by atoms with E-state index in [0.29, 0.717) is 12.4 Å². The highest BCUT2D eigenvalue weighted by molar-refractivity contribution is 5.55. The van der Waals surface area contributed by atoms with Crippen LogP contribution in [0.4, 0.5) is 4.39 Å². The summed E-state index contributed by atoms with van der Waals surface area (Å²) in [7, 11) is 0. The van der Waals surface area contributed by atoms with Crippen LogP contribution in [0.15, 0.2) is 24.3 Å². The molecule has 2 rings (SSSR count). The van der Waals surface area contributed by atoms with Gasteiger partial charge in [0.1, 0.15) is 5.82 Å². The van der Waals surface area contributed by atoms with Crippen molar-refractivity contribution >= 4 is 0 Å². The van der Waals surface area contributed by atoms with Crippen LogP contribution in [-0.2, 0) is 19.3 Å². The Morgan fingerprint density at radius 3 is 2.00 bits per heavy atom. The molecule has 1 aromatic heterocycles. The number of nitrogens with zero attached hydrogens (tertiary/aromatic N) is 2. The Bertz CT molecular complexity index is 554. The normalized spacial score (nSPS) is 10.8. The minimum absolute atomic E-state index is 0.250. The van der Waals surface area contributed by atoms with E-state index in [1.807, 2.05) is 0 Å². The third kappa shape index (κ3) is 3.02. The summed E-state index contributed by atoms with van der Waals surface area (Å²) in [6.45, 7) is 4.76. The fraction of sp³-hybridized carbons (Fsp3) is 0.375. The van der Waals surface area contributed by atoms with Crippen LogP contribution in [0.5, 0.6) is 0 Å². The maximum Gasteiger partial charge on any atom is 0.159 e. The fourth-order valence-electron chi connectivity index (χ4n) is 2.33. The number of aromatic nitrogens is 2. The third-order valence-corrected chi connectivity index (χ3v) is 3.34. The van der Waals surface area contributed by atoms with E-state index in [1.54, 1.807) is 12.1 Å². The zero-order valence-electron chi connectivity index (χ0n) is 12.0. The molecule has 0 amide bonds. The minimum atomic E-state index is -0.250. The van der Waals surface area contributed by atoms with Crippen LogP contribution >= 0.6 is 0 Å². The monoisotopic (exact) mass is 273 g/mol. The first-order valence-corrected chi connectivity index (χ1v) is 7.04. The predicted molar refractivity (Wildman–Crippen MR) is 78.9 cm³/mol. The van der Waals surface area contributed by atoms with Crippen LogP contribution < -0.4 is 5.73 Å². The van der Waals surface area contributed by atoms with E-state index in [2.05, 4.69) is 23.8 Å². The summed E-state index contributed by atoms with van der Waals surface area (Å²) >= 11 is 0. The first-order chi connectivity index (χ1) is 9.69. The first kappa shape index (κ1) is 14.6. The summed E-state index contributed by atoms with van der Waals surface area (Å²) < 4.78 is 13.0. The van der Waals surface area contributed by atoms with Gasteiger partial charge in [-0.2, -0.15) is 0 Å². The van der Waals surface area contributed by atoms with Gasteiger partial charge in [0, 0.05) is 17.0 Å². The summed E-state index contributed by atoms with van der Waals surface area (Å²) in [4.78, 5) is 9.26. The van der Waals surface area contributed by atoms with Crippen molar-refractivity contribution in [2.24, 2.45) is 5.73 Å². The Hall–Kier alpha value is -1.81. The van der Waals surface area contributed by atoms with Gasteiger partial charge in [0.05, 0.1) is 0 Å². The molecule has 20 heavy (non-hydrogen) atoms. The highest BCUT2D eigenvalue weighted by Crippen LogP contribution is 2.21. The average molecular weight is 273 g/mol. The quantitative estimate of drug-likeness (QED) is 0.911. The van der Waals surface area contributed by atoms with Gasteiger partial charge in [-0.15, -0.1) is 0 Å². The number of hydrogen-bond donors (Lipinski definition) is 1. The molecule has 0 spiro atoms. The van der Waals surface area contributed by atoms with Crippen LogP contribution in [0.25, 0.3) is 11.4 Å². The molecule has 0 unspecified atom stereocenters. The molecule has 1 aromatic carbocycles. The van der Waals surface area contributed by atoms with Crippen LogP contribution in [0, 0.1) is 5.82 Å². The van der Waals surface area contributed by atoms with Crippen molar-refractivity contribution in [3.63, 3.8) is 0 Å². The largest absolute Gasteiger partial charge is 0.330 e. The molecule has 4 heteroatoms. The molecule has 0 aliphatic rings. The van der Waals surface area contributed by atoms with Gasteiger partial charge < -0.3 is 5.73 Å². The molecular weight excluding hydrogens is 253 g/mol. The molecule has 0 radical (unpaired) electrons. The molecular formula is C16H20FN3. The van der Waals surface area contributed by atoms with E-state index >= 15 is 0 Å². The number of rotatable bonds is 5. The SMILES string of the molecule is CCc1nc(-c2ccc(F)cc2)nc(CC)c1CCN. The number of nitrogens with two attached hydrogens (primary N) is 1. The first-order valence-electron chi connectivity index (χ1n) is 7.04. The van der Waals surface area contributed by atoms with Crippen molar-refractivity contribution in [3.05, 3.63) is 47.0 Å². The molecule has 2 N–H and O–H groups in total. The Labute approximate surface area is 119 Å². The molecule has 3 nitrogen and oxygen atoms in total. The molecule has 0 aliphatic carbocycles. The molecule has 0 aliphatic heterocycles. The summed E-state index contributed by atoms with van der Waals surface area (Å²) in [5.41, 5.74) is 9.78. The fourth-order valence-corrected chi connectivity index (χ4v) is 2.33. The minimum Gasteiger partial charge on any atom is -0.330 e. The van der Waals surface area contributed by atoms with E-state index in [9.17, 15) is 4.39 Å². The zero-order chi connectivity index (χ0) is 14.5. The number of hydrogen-bond acceptors (Lipinski definition) is 3. The van der Waals surface area contributed by atoms with Gasteiger partial charge in [0.15, 0.2) is 5.82 Å². The Balaban J connectivity index is 2.52. The second-order valence-corrected chi connectivity index (χ2v) is 4.67. The van der Waals surface area contributed by atoms with E-state index in [-0.39, 0.29) is 5.82 Å². The number of halogens is 1. The van der Waals surface area contributed by atoms with E-state index in [1.165, 1.54) is 17.7 Å². The second kappa shape index (κ2) is 6.57. The van der Waals surface area contributed by atoms with Crippen molar-refractivity contribution in [1.82, 2.24) is 9.97 Å². The van der Waals surface area contributed by atoms with Crippen molar-refractivity contribution < 1.29 is 4.39 Å². The van der Waals surface area contributed by atoms with Gasteiger partial charge in [-0.25, -0.2) is 14.4 Å². The van der Waals surface area contributed by atoms with E-state index in [0.717, 1.165) is 36.2 Å². The van der Waals surface area contributed by atoms with Crippen molar-refractivity contribution in [3.8, 4) is 11.4 Å². The molecule has 0 saturated carbocycles. The van der Waals surface area contributed by atoms with E-state index < -0.39 is 0 Å². The summed E-state index contributed by atoms with van der Waals surface area (Å²) in [6.07, 6.45) is 2.49. The molecule has 0 atom stereocenters. The maximum atomic E-state index is 13.0.